The van der Waals surface area contributed by atoms with Gasteiger partial charge in [-0.05, 0) is 19.5 Å². The van der Waals surface area contributed by atoms with Crippen LogP contribution in [0.1, 0.15) is 19.4 Å². The van der Waals surface area contributed by atoms with Crippen molar-refractivity contribution in [2.75, 3.05) is 13.1 Å². The molecule has 1 rings (SSSR count). The lowest BCUT2D eigenvalue weighted by Crippen LogP contribution is -2.38. The molecule has 1 aromatic heterocycles. The van der Waals surface area contributed by atoms with Crippen LogP contribution in [0.15, 0.2) is 23.0 Å². The van der Waals surface area contributed by atoms with Gasteiger partial charge in [-0.15, -0.1) is 0 Å². The SMILES string of the molecule is CCNCC(C)S(=O)(=O)NCc1ccoc1. The summed E-state index contributed by atoms with van der Waals surface area (Å²) in [6.07, 6.45) is 3.04. The zero-order valence-electron chi connectivity index (χ0n) is 9.56. The van der Waals surface area contributed by atoms with E-state index in [4.69, 9.17) is 4.42 Å². The van der Waals surface area contributed by atoms with E-state index in [-0.39, 0.29) is 6.54 Å². The Bertz CT molecular complexity index is 386. The second kappa shape index (κ2) is 6.03. The van der Waals surface area contributed by atoms with E-state index in [1.807, 2.05) is 6.92 Å². The van der Waals surface area contributed by atoms with E-state index < -0.39 is 15.3 Å². The normalized spacial score (nSPS) is 13.9. The fourth-order valence-electron chi connectivity index (χ4n) is 1.18. The van der Waals surface area contributed by atoms with Crippen LogP contribution in [0.4, 0.5) is 0 Å². The molecule has 0 bridgehead atoms. The lowest BCUT2D eigenvalue weighted by molar-refractivity contribution is 0.554. The lowest BCUT2D eigenvalue weighted by Gasteiger charge is -2.13. The Kier molecular flexibility index (Phi) is 4.98. The van der Waals surface area contributed by atoms with Crippen molar-refractivity contribution in [1.29, 1.82) is 0 Å². The summed E-state index contributed by atoms with van der Waals surface area (Å²) in [5, 5.41) is 2.56. The van der Waals surface area contributed by atoms with Crippen molar-refractivity contribution >= 4 is 10.0 Å². The molecule has 16 heavy (non-hydrogen) atoms. The molecule has 0 saturated carbocycles. The molecule has 0 amide bonds. The molecule has 0 spiro atoms. The van der Waals surface area contributed by atoms with Gasteiger partial charge < -0.3 is 9.73 Å². The van der Waals surface area contributed by atoms with Crippen molar-refractivity contribution in [3.63, 3.8) is 0 Å². The Labute approximate surface area is 96.3 Å². The lowest BCUT2D eigenvalue weighted by atomic mass is 10.4. The largest absolute Gasteiger partial charge is 0.472 e. The third kappa shape index (κ3) is 3.96. The molecule has 0 aliphatic heterocycles. The van der Waals surface area contributed by atoms with Gasteiger partial charge in [0.05, 0.1) is 17.8 Å². The van der Waals surface area contributed by atoms with Crippen LogP contribution in [0.25, 0.3) is 0 Å². The molecular weight excluding hydrogens is 228 g/mol. The highest BCUT2D eigenvalue weighted by Gasteiger charge is 2.19. The van der Waals surface area contributed by atoms with Crippen molar-refractivity contribution in [1.82, 2.24) is 10.0 Å². The predicted molar refractivity (Wildman–Crippen MR) is 62.5 cm³/mol. The third-order valence-corrected chi connectivity index (χ3v) is 4.04. The summed E-state index contributed by atoms with van der Waals surface area (Å²) < 4.78 is 30.9. The quantitative estimate of drug-likeness (QED) is 0.743. The molecule has 0 aliphatic carbocycles. The van der Waals surface area contributed by atoms with Crippen LogP contribution in [-0.4, -0.2) is 26.8 Å². The number of hydrogen-bond donors (Lipinski definition) is 2. The molecule has 0 radical (unpaired) electrons. The van der Waals surface area contributed by atoms with Crippen LogP contribution in [0.5, 0.6) is 0 Å². The Morgan fingerprint density at radius 1 is 1.50 bits per heavy atom. The van der Waals surface area contributed by atoms with Gasteiger partial charge in [-0.2, -0.15) is 0 Å². The molecule has 0 saturated heterocycles. The molecule has 0 aromatic carbocycles. The Morgan fingerprint density at radius 2 is 2.25 bits per heavy atom. The molecule has 1 atom stereocenters. The van der Waals surface area contributed by atoms with Crippen molar-refractivity contribution in [2.45, 2.75) is 25.6 Å². The van der Waals surface area contributed by atoms with Crippen LogP contribution in [0.3, 0.4) is 0 Å². The first kappa shape index (κ1) is 13.2. The summed E-state index contributed by atoms with van der Waals surface area (Å²) in [5.41, 5.74) is 0.819. The van der Waals surface area contributed by atoms with E-state index in [2.05, 4.69) is 10.0 Å². The summed E-state index contributed by atoms with van der Waals surface area (Å²) in [6, 6.07) is 1.73. The highest BCUT2D eigenvalue weighted by Crippen LogP contribution is 2.02. The van der Waals surface area contributed by atoms with E-state index in [0.29, 0.717) is 6.54 Å². The molecular formula is C10H18N2O3S. The third-order valence-electron chi connectivity index (χ3n) is 2.27. The standard InChI is InChI=1S/C10H18N2O3S/c1-3-11-6-9(2)16(13,14)12-7-10-4-5-15-8-10/h4-5,8-9,11-12H,3,6-7H2,1-2H3. The average Bonchev–Trinajstić information content (AvgIpc) is 2.76. The van der Waals surface area contributed by atoms with Crippen molar-refractivity contribution in [2.24, 2.45) is 0 Å². The summed E-state index contributed by atoms with van der Waals surface area (Å²) in [4.78, 5) is 0. The maximum Gasteiger partial charge on any atom is 0.215 e. The van der Waals surface area contributed by atoms with E-state index in [1.165, 1.54) is 12.5 Å². The van der Waals surface area contributed by atoms with Crippen molar-refractivity contribution in [3.05, 3.63) is 24.2 Å². The van der Waals surface area contributed by atoms with E-state index in [1.54, 1.807) is 13.0 Å². The van der Waals surface area contributed by atoms with Crippen LogP contribution < -0.4 is 10.0 Å². The van der Waals surface area contributed by atoms with Crippen LogP contribution in [0, 0.1) is 0 Å². The predicted octanol–water partition coefficient (Wildman–Crippen LogP) is 0.697. The summed E-state index contributed by atoms with van der Waals surface area (Å²) >= 11 is 0. The zero-order valence-corrected chi connectivity index (χ0v) is 10.4. The van der Waals surface area contributed by atoms with Crippen LogP contribution >= 0.6 is 0 Å². The summed E-state index contributed by atoms with van der Waals surface area (Å²) in [6.45, 7) is 5.12. The molecule has 6 heteroatoms. The van der Waals surface area contributed by atoms with Gasteiger partial charge in [-0.1, -0.05) is 6.92 Å². The summed E-state index contributed by atoms with van der Waals surface area (Å²) in [5.74, 6) is 0. The van der Waals surface area contributed by atoms with Gasteiger partial charge in [-0.25, -0.2) is 13.1 Å². The van der Waals surface area contributed by atoms with Gasteiger partial charge in [0.1, 0.15) is 0 Å². The molecule has 1 aromatic rings. The molecule has 5 nitrogen and oxygen atoms in total. The maximum absolute atomic E-state index is 11.7. The zero-order chi connectivity index (χ0) is 12.0. The van der Waals surface area contributed by atoms with E-state index >= 15 is 0 Å². The molecule has 0 aliphatic rings. The molecule has 2 N–H and O–H groups in total. The Hall–Kier alpha value is -0.850. The van der Waals surface area contributed by atoms with Gasteiger partial charge in [0.25, 0.3) is 0 Å². The molecule has 92 valence electrons. The van der Waals surface area contributed by atoms with Gasteiger partial charge >= 0.3 is 0 Å². The number of rotatable bonds is 7. The number of nitrogens with one attached hydrogen (secondary N) is 2. The molecule has 1 heterocycles. The Morgan fingerprint density at radius 3 is 2.81 bits per heavy atom. The highest BCUT2D eigenvalue weighted by atomic mass is 32.2. The smallest absolute Gasteiger partial charge is 0.215 e. The van der Waals surface area contributed by atoms with Crippen LogP contribution in [-0.2, 0) is 16.6 Å². The second-order valence-corrected chi connectivity index (χ2v) is 5.80. The van der Waals surface area contributed by atoms with Gasteiger partial charge in [-0.3, -0.25) is 0 Å². The van der Waals surface area contributed by atoms with Gasteiger partial charge in [0.15, 0.2) is 0 Å². The highest BCUT2D eigenvalue weighted by molar-refractivity contribution is 7.90. The number of sulfonamides is 1. The van der Waals surface area contributed by atoms with Crippen LogP contribution in [0.2, 0.25) is 0 Å². The second-order valence-electron chi connectivity index (χ2n) is 3.62. The monoisotopic (exact) mass is 246 g/mol. The first-order valence-electron chi connectivity index (χ1n) is 5.26. The number of furan rings is 1. The molecule has 0 fully saturated rings. The Balaban J connectivity index is 2.45. The minimum absolute atomic E-state index is 0.273. The van der Waals surface area contributed by atoms with E-state index in [0.717, 1.165) is 12.1 Å². The maximum atomic E-state index is 11.7. The number of hydrogen-bond acceptors (Lipinski definition) is 4. The van der Waals surface area contributed by atoms with Crippen molar-refractivity contribution in [3.8, 4) is 0 Å². The topological polar surface area (TPSA) is 71.3 Å². The summed E-state index contributed by atoms with van der Waals surface area (Å²) in [7, 11) is -3.26. The minimum atomic E-state index is -3.26. The first-order valence-corrected chi connectivity index (χ1v) is 6.81. The first-order chi connectivity index (χ1) is 7.56. The average molecular weight is 246 g/mol. The minimum Gasteiger partial charge on any atom is -0.472 e. The fourth-order valence-corrected chi connectivity index (χ4v) is 2.17. The van der Waals surface area contributed by atoms with Gasteiger partial charge in [0.2, 0.25) is 10.0 Å². The van der Waals surface area contributed by atoms with E-state index in [9.17, 15) is 8.42 Å². The van der Waals surface area contributed by atoms with Gasteiger partial charge in [0, 0.05) is 18.7 Å². The van der Waals surface area contributed by atoms with Crippen molar-refractivity contribution < 1.29 is 12.8 Å². The fraction of sp³-hybridized carbons (Fsp3) is 0.600. The molecule has 1 unspecified atom stereocenters.